The lowest BCUT2D eigenvalue weighted by Crippen LogP contribution is -2.14. The molecule has 0 aliphatic rings. The molecule has 1 atom stereocenters. The Morgan fingerprint density at radius 2 is 2.28 bits per heavy atom. The highest BCUT2D eigenvalue weighted by Crippen LogP contribution is 2.14. The molecule has 1 unspecified atom stereocenters. The second kappa shape index (κ2) is 5.73. The van der Waals surface area contributed by atoms with Crippen LogP contribution in [0, 0.1) is 5.82 Å². The summed E-state index contributed by atoms with van der Waals surface area (Å²) in [6, 6.07) is 6.42. The number of nitrogens with zero attached hydrogens (tertiary/aromatic N) is 2. The van der Waals surface area contributed by atoms with E-state index >= 15 is 0 Å². The fourth-order valence-electron chi connectivity index (χ4n) is 1.76. The first kappa shape index (κ1) is 12.7. The number of hydrogen-bond donors (Lipinski definition) is 1. The van der Waals surface area contributed by atoms with E-state index in [2.05, 4.69) is 15.5 Å². The zero-order chi connectivity index (χ0) is 13.0. The topological polar surface area (TPSA) is 51.0 Å². The molecule has 0 bridgehead atoms. The highest BCUT2D eigenvalue weighted by Gasteiger charge is 2.13. The van der Waals surface area contributed by atoms with Crippen LogP contribution in [0.4, 0.5) is 4.39 Å². The van der Waals surface area contributed by atoms with Gasteiger partial charge in [0.15, 0.2) is 5.82 Å². The molecule has 0 aliphatic carbocycles. The Hall–Kier alpha value is -1.75. The zero-order valence-electron chi connectivity index (χ0n) is 10.5. The van der Waals surface area contributed by atoms with Crippen LogP contribution in [-0.4, -0.2) is 23.7 Å². The van der Waals surface area contributed by atoms with Crippen molar-refractivity contribution in [3.8, 4) is 0 Å². The van der Waals surface area contributed by atoms with Gasteiger partial charge in [-0.15, -0.1) is 0 Å². The van der Waals surface area contributed by atoms with Gasteiger partial charge in [0.05, 0.1) is 0 Å². The Morgan fingerprint density at radius 1 is 1.44 bits per heavy atom. The van der Waals surface area contributed by atoms with Gasteiger partial charge in [-0.25, -0.2) is 4.39 Å². The fraction of sp³-hybridized carbons (Fsp3) is 0.385. The van der Waals surface area contributed by atoms with Crippen LogP contribution in [0.25, 0.3) is 0 Å². The van der Waals surface area contributed by atoms with Gasteiger partial charge >= 0.3 is 0 Å². The fourth-order valence-corrected chi connectivity index (χ4v) is 1.76. The van der Waals surface area contributed by atoms with E-state index in [1.54, 1.807) is 6.07 Å². The van der Waals surface area contributed by atoms with Crippen LogP contribution in [0.1, 0.15) is 30.1 Å². The molecule has 0 radical (unpaired) electrons. The molecular weight excluding hydrogens is 233 g/mol. The SMILES string of the molecule is CNCC(C)c1nc(Cc2cccc(F)c2)no1. The molecule has 0 saturated heterocycles. The minimum atomic E-state index is -0.250. The average molecular weight is 249 g/mol. The van der Waals surface area contributed by atoms with Gasteiger partial charge < -0.3 is 9.84 Å². The lowest BCUT2D eigenvalue weighted by molar-refractivity contribution is 0.353. The lowest BCUT2D eigenvalue weighted by Gasteiger charge is -2.03. The van der Waals surface area contributed by atoms with Gasteiger partial charge in [0.1, 0.15) is 5.82 Å². The van der Waals surface area contributed by atoms with Crippen LogP contribution in [0.15, 0.2) is 28.8 Å². The van der Waals surface area contributed by atoms with Gasteiger partial charge in [0.25, 0.3) is 0 Å². The molecule has 4 nitrogen and oxygen atoms in total. The third kappa shape index (κ3) is 3.13. The third-order valence-electron chi connectivity index (χ3n) is 2.67. The largest absolute Gasteiger partial charge is 0.339 e. The monoisotopic (exact) mass is 249 g/mol. The van der Waals surface area contributed by atoms with Crippen molar-refractivity contribution in [3.63, 3.8) is 0 Å². The maximum atomic E-state index is 13.0. The summed E-state index contributed by atoms with van der Waals surface area (Å²) in [6.07, 6.45) is 0.480. The molecule has 0 saturated carbocycles. The van der Waals surface area contributed by atoms with E-state index in [9.17, 15) is 4.39 Å². The van der Waals surface area contributed by atoms with E-state index < -0.39 is 0 Å². The highest BCUT2D eigenvalue weighted by atomic mass is 19.1. The van der Waals surface area contributed by atoms with Crippen LogP contribution in [0.5, 0.6) is 0 Å². The summed E-state index contributed by atoms with van der Waals surface area (Å²) < 4.78 is 18.2. The molecular formula is C13H16FN3O. The maximum absolute atomic E-state index is 13.0. The number of halogens is 1. The van der Waals surface area contributed by atoms with Crippen molar-refractivity contribution < 1.29 is 8.91 Å². The molecule has 18 heavy (non-hydrogen) atoms. The van der Waals surface area contributed by atoms with Crippen LogP contribution < -0.4 is 5.32 Å². The van der Waals surface area contributed by atoms with Crippen molar-refractivity contribution in [2.75, 3.05) is 13.6 Å². The van der Waals surface area contributed by atoms with Crippen molar-refractivity contribution in [1.29, 1.82) is 0 Å². The zero-order valence-corrected chi connectivity index (χ0v) is 10.5. The quantitative estimate of drug-likeness (QED) is 0.882. The average Bonchev–Trinajstić information content (AvgIpc) is 2.78. The molecule has 1 aromatic carbocycles. The van der Waals surface area contributed by atoms with E-state index in [1.165, 1.54) is 12.1 Å². The molecule has 96 valence electrons. The number of rotatable bonds is 5. The number of aromatic nitrogens is 2. The summed E-state index contributed by atoms with van der Waals surface area (Å²) in [5, 5.41) is 6.96. The van der Waals surface area contributed by atoms with Crippen LogP contribution in [0.2, 0.25) is 0 Å². The standard InChI is InChI=1S/C13H16FN3O/c1-9(8-15-2)13-16-12(17-18-13)7-10-4-3-5-11(14)6-10/h3-6,9,15H,7-8H2,1-2H3. The molecule has 2 rings (SSSR count). The first-order chi connectivity index (χ1) is 8.69. The molecule has 1 N–H and O–H groups in total. The van der Waals surface area contributed by atoms with Gasteiger partial charge in [-0.1, -0.05) is 24.2 Å². The highest BCUT2D eigenvalue weighted by molar-refractivity contribution is 5.19. The predicted molar refractivity (Wildman–Crippen MR) is 65.8 cm³/mol. The van der Waals surface area contributed by atoms with E-state index in [4.69, 9.17) is 4.52 Å². The second-order valence-corrected chi connectivity index (χ2v) is 4.31. The van der Waals surface area contributed by atoms with E-state index in [0.29, 0.717) is 18.1 Å². The lowest BCUT2D eigenvalue weighted by atomic mass is 10.1. The molecule has 0 fully saturated rings. The molecule has 2 aromatic rings. The van der Waals surface area contributed by atoms with Crippen LogP contribution in [0.3, 0.4) is 0 Å². The molecule has 0 spiro atoms. The van der Waals surface area contributed by atoms with Crippen molar-refractivity contribution in [1.82, 2.24) is 15.5 Å². The van der Waals surface area contributed by atoms with Crippen molar-refractivity contribution in [2.24, 2.45) is 0 Å². The molecule has 0 amide bonds. The molecule has 0 aliphatic heterocycles. The first-order valence-corrected chi connectivity index (χ1v) is 5.90. The summed E-state index contributed by atoms with van der Waals surface area (Å²) in [6.45, 7) is 2.79. The van der Waals surface area contributed by atoms with Gasteiger partial charge in [0, 0.05) is 18.9 Å². The van der Waals surface area contributed by atoms with Gasteiger partial charge in [-0.05, 0) is 24.7 Å². The summed E-state index contributed by atoms with van der Waals surface area (Å²) in [5.41, 5.74) is 0.837. The Labute approximate surface area is 105 Å². The summed E-state index contributed by atoms with van der Waals surface area (Å²) >= 11 is 0. The van der Waals surface area contributed by atoms with Gasteiger partial charge in [-0.3, -0.25) is 0 Å². The first-order valence-electron chi connectivity index (χ1n) is 5.90. The maximum Gasteiger partial charge on any atom is 0.230 e. The van der Waals surface area contributed by atoms with Crippen molar-refractivity contribution in [3.05, 3.63) is 47.4 Å². The van der Waals surface area contributed by atoms with E-state index in [0.717, 1.165) is 12.1 Å². The minimum absolute atomic E-state index is 0.170. The Balaban J connectivity index is 2.06. The van der Waals surface area contributed by atoms with Gasteiger partial charge in [0.2, 0.25) is 5.89 Å². The van der Waals surface area contributed by atoms with E-state index in [1.807, 2.05) is 20.0 Å². The Morgan fingerprint density at radius 3 is 3.00 bits per heavy atom. The number of hydrogen-bond acceptors (Lipinski definition) is 4. The number of nitrogens with one attached hydrogen (secondary N) is 1. The van der Waals surface area contributed by atoms with Crippen molar-refractivity contribution >= 4 is 0 Å². The summed E-state index contributed by atoms with van der Waals surface area (Å²) in [7, 11) is 1.88. The Kier molecular flexibility index (Phi) is 4.04. The van der Waals surface area contributed by atoms with Gasteiger partial charge in [-0.2, -0.15) is 4.98 Å². The number of benzene rings is 1. The normalized spacial score (nSPS) is 12.6. The smallest absolute Gasteiger partial charge is 0.230 e. The molecule has 1 heterocycles. The summed E-state index contributed by atoms with van der Waals surface area (Å²) in [4.78, 5) is 4.31. The molecule has 5 heteroatoms. The number of likely N-dealkylation sites (N-methyl/N-ethyl adjacent to an activating group) is 1. The molecule has 1 aromatic heterocycles. The van der Waals surface area contributed by atoms with Crippen molar-refractivity contribution in [2.45, 2.75) is 19.3 Å². The predicted octanol–water partition coefficient (Wildman–Crippen LogP) is 2.12. The second-order valence-electron chi connectivity index (χ2n) is 4.31. The van der Waals surface area contributed by atoms with Crippen LogP contribution in [-0.2, 0) is 6.42 Å². The Bertz CT molecular complexity index is 512. The third-order valence-corrected chi connectivity index (χ3v) is 2.67. The van der Waals surface area contributed by atoms with Crippen LogP contribution >= 0.6 is 0 Å². The summed E-state index contributed by atoms with van der Waals surface area (Å²) in [5.74, 6) is 1.11. The minimum Gasteiger partial charge on any atom is -0.339 e. The van der Waals surface area contributed by atoms with E-state index in [-0.39, 0.29) is 11.7 Å².